The largest absolute Gasteiger partial charge is 0.351 e. The van der Waals surface area contributed by atoms with Crippen LogP contribution in [0, 0.1) is 0 Å². The topological polar surface area (TPSA) is 54.3 Å². The summed E-state index contributed by atoms with van der Waals surface area (Å²) in [5.41, 5.74) is 1.56. The highest BCUT2D eigenvalue weighted by Gasteiger charge is 2.48. The molecule has 1 unspecified atom stereocenters. The van der Waals surface area contributed by atoms with Gasteiger partial charge in [-0.2, -0.15) is 0 Å². The Morgan fingerprint density at radius 3 is 2.44 bits per heavy atom. The van der Waals surface area contributed by atoms with Gasteiger partial charge in [-0.15, -0.1) is 0 Å². The first-order valence-electron chi connectivity index (χ1n) is 12.4. The number of nitrogens with one attached hydrogen (secondary N) is 1. The van der Waals surface area contributed by atoms with E-state index in [1.165, 1.54) is 19.3 Å². The lowest BCUT2D eigenvalue weighted by Crippen LogP contribution is -2.64. The van der Waals surface area contributed by atoms with Crippen molar-refractivity contribution in [1.82, 2.24) is 14.8 Å². The lowest BCUT2D eigenvalue weighted by Gasteiger charge is -2.44. The maximum Gasteiger partial charge on any atom is 0.271 e. The van der Waals surface area contributed by atoms with Gasteiger partial charge in [0.2, 0.25) is 5.91 Å². The number of carbonyl (C=O) groups is 2. The summed E-state index contributed by atoms with van der Waals surface area (Å²) in [5.74, 6) is -0.184. The summed E-state index contributed by atoms with van der Waals surface area (Å²) in [6.45, 7) is 2.69. The molecule has 0 saturated heterocycles. The third-order valence-corrected chi connectivity index (χ3v) is 7.77. The molecule has 1 atom stereocenters. The van der Waals surface area contributed by atoms with Crippen molar-refractivity contribution in [2.24, 2.45) is 0 Å². The van der Waals surface area contributed by atoms with Gasteiger partial charge >= 0.3 is 0 Å². The third kappa shape index (κ3) is 4.34. The van der Waals surface area contributed by atoms with Gasteiger partial charge in [-0.05, 0) is 49.6 Å². The quantitative estimate of drug-likeness (QED) is 0.505. The van der Waals surface area contributed by atoms with Gasteiger partial charge in [-0.25, -0.2) is 0 Å². The smallest absolute Gasteiger partial charge is 0.271 e. The van der Waals surface area contributed by atoms with Gasteiger partial charge in [0.1, 0.15) is 11.2 Å². The van der Waals surface area contributed by atoms with Gasteiger partial charge in [0.05, 0.1) is 6.54 Å². The van der Waals surface area contributed by atoms with Crippen LogP contribution in [0.25, 0.3) is 10.9 Å². The molecule has 5 rings (SSSR count). The number of fused-ring (bicyclic) bond motifs is 3. The second-order valence-corrected chi connectivity index (χ2v) is 10.4. The summed E-state index contributed by atoms with van der Waals surface area (Å²) in [5, 5.41) is 5.01. The molecule has 2 aliphatic rings. The predicted molar refractivity (Wildman–Crippen MR) is 136 cm³/mol. The minimum Gasteiger partial charge on any atom is -0.351 e. The van der Waals surface area contributed by atoms with E-state index < -0.39 is 5.54 Å². The monoisotopic (exact) mass is 477 g/mol. The summed E-state index contributed by atoms with van der Waals surface area (Å²) in [6, 6.07) is 17.6. The van der Waals surface area contributed by atoms with Crippen LogP contribution in [-0.2, 0) is 17.9 Å². The Bertz CT molecular complexity index is 1190. The second kappa shape index (κ2) is 9.46. The molecule has 0 bridgehead atoms. The van der Waals surface area contributed by atoms with E-state index >= 15 is 0 Å². The molecule has 1 fully saturated rings. The van der Waals surface area contributed by atoms with Crippen LogP contribution < -0.4 is 5.32 Å². The summed E-state index contributed by atoms with van der Waals surface area (Å²) >= 11 is 6.09. The predicted octanol–water partition coefficient (Wildman–Crippen LogP) is 5.94. The van der Waals surface area contributed by atoms with Crippen molar-refractivity contribution in [2.45, 2.75) is 76.5 Å². The number of halogens is 1. The minimum absolute atomic E-state index is 0.0659. The second-order valence-electron chi connectivity index (χ2n) is 9.98. The fourth-order valence-corrected chi connectivity index (χ4v) is 5.59. The van der Waals surface area contributed by atoms with E-state index in [0.717, 1.165) is 42.1 Å². The molecule has 0 radical (unpaired) electrons. The first-order valence-corrected chi connectivity index (χ1v) is 12.8. The molecule has 2 aromatic carbocycles. The first-order chi connectivity index (χ1) is 16.5. The number of nitrogens with zero attached hydrogens (tertiary/aromatic N) is 2. The molecule has 5 nitrogen and oxygen atoms in total. The average Bonchev–Trinajstić information content (AvgIpc) is 3.18. The van der Waals surface area contributed by atoms with Gasteiger partial charge in [0.25, 0.3) is 5.91 Å². The third-order valence-electron chi connectivity index (χ3n) is 7.52. The molecule has 178 valence electrons. The summed E-state index contributed by atoms with van der Waals surface area (Å²) in [4.78, 5) is 29.5. The van der Waals surface area contributed by atoms with Crippen molar-refractivity contribution in [3.8, 4) is 0 Å². The lowest BCUT2D eigenvalue weighted by atomic mass is 9.91. The van der Waals surface area contributed by atoms with Crippen molar-refractivity contribution < 1.29 is 9.59 Å². The number of rotatable bonds is 4. The number of para-hydroxylation sites is 1. The van der Waals surface area contributed by atoms with Crippen LogP contribution in [0.4, 0.5) is 0 Å². The Morgan fingerprint density at radius 2 is 1.71 bits per heavy atom. The molecule has 1 aromatic heterocycles. The van der Waals surface area contributed by atoms with Crippen LogP contribution in [0.2, 0.25) is 5.02 Å². The van der Waals surface area contributed by atoms with Crippen molar-refractivity contribution in [3.63, 3.8) is 0 Å². The van der Waals surface area contributed by atoms with E-state index in [0.29, 0.717) is 23.8 Å². The summed E-state index contributed by atoms with van der Waals surface area (Å²) < 4.78 is 2.02. The highest BCUT2D eigenvalue weighted by molar-refractivity contribution is 6.30. The fourth-order valence-electron chi connectivity index (χ4n) is 5.47. The molecule has 2 heterocycles. The Balaban J connectivity index is 1.51. The number of aromatic nitrogens is 1. The summed E-state index contributed by atoms with van der Waals surface area (Å²) in [7, 11) is 0. The molecular formula is C28H32ClN3O2. The normalized spacial score (nSPS) is 21.7. The van der Waals surface area contributed by atoms with Crippen LogP contribution in [-0.4, -0.2) is 32.9 Å². The molecule has 2 amide bonds. The maximum atomic E-state index is 13.9. The Kier molecular flexibility index (Phi) is 6.39. The minimum atomic E-state index is -1.01. The van der Waals surface area contributed by atoms with Gasteiger partial charge in [0, 0.05) is 28.5 Å². The fraction of sp³-hybridized carbons (Fsp3) is 0.429. The van der Waals surface area contributed by atoms with Gasteiger partial charge < -0.3 is 14.8 Å². The number of benzene rings is 2. The first kappa shape index (κ1) is 23.0. The molecular weight excluding hydrogens is 446 g/mol. The van der Waals surface area contributed by atoms with Crippen molar-refractivity contribution in [2.75, 3.05) is 0 Å². The molecule has 1 saturated carbocycles. The Hall–Kier alpha value is -2.79. The van der Waals surface area contributed by atoms with E-state index in [1.807, 2.05) is 66.1 Å². The van der Waals surface area contributed by atoms with Crippen LogP contribution >= 0.6 is 11.6 Å². The van der Waals surface area contributed by atoms with E-state index in [1.54, 1.807) is 4.90 Å². The van der Waals surface area contributed by atoms with Crippen LogP contribution in [0.3, 0.4) is 0 Å². The molecule has 6 heteroatoms. The number of amides is 2. The number of hydrogen-bond donors (Lipinski definition) is 1. The average molecular weight is 478 g/mol. The van der Waals surface area contributed by atoms with Crippen molar-refractivity contribution >= 4 is 34.3 Å². The standard InChI is InChI=1S/C28H32ClN3O2/c1-28(27(34)30-23-10-5-3-2-4-6-11-23)19-31-24-12-8-7-9-21(24)17-25(31)26(33)32(28)18-20-13-15-22(29)16-14-20/h7-9,12-17,23H,2-6,10-11,18-19H2,1H3,(H,30,34). The highest BCUT2D eigenvalue weighted by Crippen LogP contribution is 2.34. The van der Waals surface area contributed by atoms with E-state index in [2.05, 4.69) is 5.32 Å². The molecule has 3 aromatic rings. The summed E-state index contributed by atoms with van der Waals surface area (Å²) in [6.07, 6.45) is 8.02. The Labute approximate surface area is 206 Å². The van der Waals surface area contributed by atoms with E-state index in [4.69, 9.17) is 11.6 Å². The Morgan fingerprint density at radius 1 is 1.03 bits per heavy atom. The van der Waals surface area contributed by atoms with Crippen molar-refractivity contribution in [3.05, 3.63) is 70.9 Å². The molecule has 34 heavy (non-hydrogen) atoms. The van der Waals surface area contributed by atoms with Crippen LogP contribution in [0.15, 0.2) is 54.6 Å². The molecule has 0 spiro atoms. The van der Waals surface area contributed by atoms with Crippen molar-refractivity contribution in [1.29, 1.82) is 0 Å². The number of hydrogen-bond acceptors (Lipinski definition) is 2. The highest BCUT2D eigenvalue weighted by atomic mass is 35.5. The van der Waals surface area contributed by atoms with E-state index in [9.17, 15) is 9.59 Å². The van der Waals surface area contributed by atoms with Gasteiger partial charge in [-0.1, -0.05) is 74.0 Å². The van der Waals surface area contributed by atoms with Crippen LogP contribution in [0.1, 0.15) is 67.9 Å². The molecule has 1 aliphatic carbocycles. The SMILES string of the molecule is CC1(C(=O)NC2CCCCCCC2)Cn2c(cc3ccccc32)C(=O)N1Cc1ccc(Cl)cc1. The van der Waals surface area contributed by atoms with Gasteiger partial charge in [-0.3, -0.25) is 9.59 Å². The number of carbonyl (C=O) groups excluding carboxylic acids is 2. The zero-order valence-corrected chi connectivity index (χ0v) is 20.5. The zero-order chi connectivity index (χ0) is 23.7. The molecule has 1 aliphatic heterocycles. The molecule has 1 N–H and O–H groups in total. The zero-order valence-electron chi connectivity index (χ0n) is 19.7. The maximum absolute atomic E-state index is 13.9. The lowest BCUT2D eigenvalue weighted by molar-refractivity contribution is -0.134. The van der Waals surface area contributed by atoms with Gasteiger partial charge in [0.15, 0.2) is 0 Å². The van der Waals surface area contributed by atoms with Crippen LogP contribution in [0.5, 0.6) is 0 Å². The van der Waals surface area contributed by atoms with E-state index in [-0.39, 0.29) is 17.9 Å².